The maximum atomic E-state index is 5.55. The summed E-state index contributed by atoms with van der Waals surface area (Å²) < 4.78 is 21.2. The van der Waals surface area contributed by atoms with E-state index >= 15 is 0 Å². The van der Waals surface area contributed by atoms with Crippen LogP contribution < -0.4 is 0 Å². The molecule has 2 atom stereocenters. The Labute approximate surface area is 226 Å². The summed E-state index contributed by atoms with van der Waals surface area (Å²) >= 11 is 0. The van der Waals surface area contributed by atoms with Crippen LogP contribution in [0.1, 0.15) is 155 Å². The molecule has 0 bridgehead atoms. The van der Waals surface area contributed by atoms with E-state index in [9.17, 15) is 0 Å². The van der Waals surface area contributed by atoms with E-state index in [1.807, 2.05) is 0 Å². The molecule has 0 aliphatic carbocycles. The van der Waals surface area contributed by atoms with E-state index in [4.69, 9.17) is 18.9 Å². The highest BCUT2D eigenvalue weighted by atomic mass is 16.6. The second kappa shape index (κ2) is 27.9. The summed E-state index contributed by atoms with van der Waals surface area (Å²) in [5, 5.41) is 0. The topological polar surface area (TPSA) is 43.5 Å². The number of hydrogen-bond acceptors (Lipinski definition) is 4. The molecule has 2 aliphatic heterocycles. The molecule has 0 radical (unpaired) electrons. The lowest BCUT2D eigenvalue weighted by Crippen LogP contribution is -2.02. The summed E-state index contributed by atoms with van der Waals surface area (Å²) in [5.41, 5.74) is 0. The molecule has 2 saturated heterocycles. The van der Waals surface area contributed by atoms with Crippen molar-refractivity contribution in [1.29, 1.82) is 0 Å². The van der Waals surface area contributed by atoms with Crippen LogP contribution >= 0.6 is 0 Å². The lowest BCUT2D eigenvalue weighted by Gasteiger charge is -2.04. The summed E-state index contributed by atoms with van der Waals surface area (Å²) in [7, 11) is 0. The van der Waals surface area contributed by atoms with E-state index in [0.717, 1.165) is 39.6 Å². The Kier molecular flexibility index (Phi) is 26.2. The first-order valence-corrected chi connectivity index (χ1v) is 16.3. The number of rotatable bonds is 28. The zero-order valence-corrected chi connectivity index (χ0v) is 24.6. The second-order valence-corrected chi connectivity index (χ2v) is 11.1. The van der Waals surface area contributed by atoms with E-state index in [1.54, 1.807) is 0 Å². The van der Waals surface area contributed by atoms with Crippen molar-refractivity contribution in [2.45, 2.75) is 167 Å². The van der Waals surface area contributed by atoms with Gasteiger partial charge in [-0.05, 0) is 12.8 Å². The molecule has 2 aliphatic rings. The lowest BCUT2D eigenvalue weighted by molar-refractivity contribution is 0.113. The van der Waals surface area contributed by atoms with Gasteiger partial charge in [-0.3, -0.25) is 0 Å². The van der Waals surface area contributed by atoms with Gasteiger partial charge in [0.25, 0.3) is 0 Å². The molecule has 2 heterocycles. The maximum Gasteiger partial charge on any atom is 0.104 e. The molecule has 4 nitrogen and oxygen atoms in total. The highest BCUT2D eigenvalue weighted by Gasteiger charge is 2.22. The van der Waals surface area contributed by atoms with Crippen LogP contribution in [0, 0.1) is 0 Å². The average Bonchev–Trinajstić information content (AvgIpc) is 3.81. The first-order chi connectivity index (χ1) is 17.9. The summed E-state index contributed by atoms with van der Waals surface area (Å²) in [6.07, 6.45) is 31.7. The van der Waals surface area contributed by atoms with Gasteiger partial charge in [-0.25, -0.2) is 0 Å². The predicted octanol–water partition coefficient (Wildman–Crippen LogP) is 9.43. The molecule has 0 N–H and O–H groups in total. The molecule has 0 aromatic rings. The van der Waals surface area contributed by atoms with Gasteiger partial charge in [0, 0.05) is 13.2 Å². The fourth-order valence-corrected chi connectivity index (χ4v) is 4.49. The highest BCUT2D eigenvalue weighted by Crippen LogP contribution is 2.14. The van der Waals surface area contributed by atoms with Crippen LogP contribution in [0.15, 0.2) is 0 Å². The van der Waals surface area contributed by atoms with Crippen LogP contribution in [0.4, 0.5) is 0 Å². The standard InChI is InChI=1S/C21H42O2.C11H22O2/c1-2-3-4-5-6-7-8-9-10-11-12-13-14-15-16-17-18-22-19-21-20-23-21;1-2-3-4-5-6-7-8-12-9-11-10-13-11/h21H,2-20H2,1H3;11H,2-10H2,1H3. The normalized spacial score (nSPS) is 18.2. The largest absolute Gasteiger partial charge is 0.379 e. The molecular weight excluding hydrogens is 448 g/mol. The van der Waals surface area contributed by atoms with Gasteiger partial charge in [-0.1, -0.05) is 142 Å². The van der Waals surface area contributed by atoms with Crippen molar-refractivity contribution in [2.24, 2.45) is 0 Å². The second-order valence-electron chi connectivity index (χ2n) is 11.1. The minimum Gasteiger partial charge on any atom is -0.379 e. The zero-order valence-electron chi connectivity index (χ0n) is 24.6. The third kappa shape index (κ3) is 28.4. The quantitative estimate of drug-likeness (QED) is 0.0773. The summed E-state index contributed by atoms with van der Waals surface area (Å²) in [4.78, 5) is 0. The van der Waals surface area contributed by atoms with Crippen molar-refractivity contribution in [3.63, 3.8) is 0 Å². The van der Waals surface area contributed by atoms with Gasteiger partial charge >= 0.3 is 0 Å². The molecule has 0 saturated carbocycles. The average molecular weight is 513 g/mol. The van der Waals surface area contributed by atoms with E-state index in [0.29, 0.717) is 12.2 Å². The minimum atomic E-state index is 0.427. The summed E-state index contributed by atoms with van der Waals surface area (Å²) in [6, 6.07) is 0. The Balaban J connectivity index is 0.000000420. The summed E-state index contributed by atoms with van der Waals surface area (Å²) in [5.74, 6) is 0. The van der Waals surface area contributed by atoms with Crippen LogP contribution in [-0.4, -0.2) is 51.8 Å². The van der Waals surface area contributed by atoms with Gasteiger partial charge in [0.05, 0.1) is 26.4 Å². The number of unbranched alkanes of at least 4 members (excludes halogenated alkanes) is 20. The highest BCUT2D eigenvalue weighted by molar-refractivity contribution is 4.67. The molecule has 2 unspecified atom stereocenters. The predicted molar refractivity (Wildman–Crippen MR) is 154 cm³/mol. The van der Waals surface area contributed by atoms with Gasteiger partial charge in [0.1, 0.15) is 12.2 Å². The number of hydrogen-bond donors (Lipinski definition) is 0. The van der Waals surface area contributed by atoms with Gasteiger partial charge < -0.3 is 18.9 Å². The van der Waals surface area contributed by atoms with Crippen LogP contribution in [0.5, 0.6) is 0 Å². The smallest absolute Gasteiger partial charge is 0.104 e. The number of epoxide rings is 2. The minimum absolute atomic E-state index is 0.427. The van der Waals surface area contributed by atoms with Gasteiger partial charge in [-0.15, -0.1) is 0 Å². The van der Waals surface area contributed by atoms with E-state index in [2.05, 4.69) is 13.8 Å². The first kappa shape index (κ1) is 33.9. The molecular formula is C32H64O4. The Morgan fingerprint density at radius 3 is 0.917 bits per heavy atom. The maximum absolute atomic E-state index is 5.55. The molecule has 36 heavy (non-hydrogen) atoms. The number of ether oxygens (including phenoxy) is 4. The molecule has 0 aromatic heterocycles. The van der Waals surface area contributed by atoms with Crippen molar-refractivity contribution in [3.8, 4) is 0 Å². The third-order valence-electron chi connectivity index (χ3n) is 7.20. The molecule has 0 spiro atoms. The van der Waals surface area contributed by atoms with Gasteiger partial charge in [0.15, 0.2) is 0 Å². The van der Waals surface area contributed by atoms with Crippen LogP contribution in [0.25, 0.3) is 0 Å². The Morgan fingerprint density at radius 2 is 0.667 bits per heavy atom. The fourth-order valence-electron chi connectivity index (χ4n) is 4.49. The van der Waals surface area contributed by atoms with Crippen LogP contribution in [0.2, 0.25) is 0 Å². The molecule has 2 rings (SSSR count). The SMILES string of the molecule is CCCCCCCCCCCCCCCCCCOCC1CO1.CCCCCCCCOCC1CO1. The summed E-state index contributed by atoms with van der Waals surface area (Å²) in [6.45, 7) is 9.85. The van der Waals surface area contributed by atoms with E-state index < -0.39 is 0 Å². The van der Waals surface area contributed by atoms with Gasteiger partial charge in [0.2, 0.25) is 0 Å². The van der Waals surface area contributed by atoms with Crippen molar-refractivity contribution in [2.75, 3.05) is 39.6 Å². The Morgan fingerprint density at radius 1 is 0.417 bits per heavy atom. The van der Waals surface area contributed by atoms with E-state index in [1.165, 1.54) is 141 Å². The van der Waals surface area contributed by atoms with Crippen molar-refractivity contribution >= 4 is 0 Å². The van der Waals surface area contributed by atoms with Crippen molar-refractivity contribution in [1.82, 2.24) is 0 Å². The monoisotopic (exact) mass is 512 g/mol. The van der Waals surface area contributed by atoms with Crippen LogP contribution in [-0.2, 0) is 18.9 Å². The van der Waals surface area contributed by atoms with E-state index in [-0.39, 0.29) is 0 Å². The molecule has 2 fully saturated rings. The third-order valence-corrected chi connectivity index (χ3v) is 7.20. The zero-order chi connectivity index (χ0) is 25.8. The van der Waals surface area contributed by atoms with Crippen LogP contribution in [0.3, 0.4) is 0 Å². The Bertz CT molecular complexity index is 409. The lowest BCUT2D eigenvalue weighted by atomic mass is 10.0. The molecule has 216 valence electrons. The fraction of sp³-hybridized carbons (Fsp3) is 1.00. The van der Waals surface area contributed by atoms with Crippen molar-refractivity contribution < 1.29 is 18.9 Å². The Hall–Kier alpha value is -0.160. The molecule has 0 aromatic carbocycles. The van der Waals surface area contributed by atoms with Crippen molar-refractivity contribution in [3.05, 3.63) is 0 Å². The molecule has 4 heteroatoms. The molecule has 0 amide bonds. The first-order valence-electron chi connectivity index (χ1n) is 16.3. The van der Waals surface area contributed by atoms with Gasteiger partial charge in [-0.2, -0.15) is 0 Å².